The van der Waals surface area contributed by atoms with Gasteiger partial charge >= 0.3 is 5.97 Å². The summed E-state index contributed by atoms with van der Waals surface area (Å²) in [4.78, 5) is 12.7. The summed E-state index contributed by atoms with van der Waals surface area (Å²) in [5.74, 6) is 5.34. The van der Waals surface area contributed by atoms with Crippen molar-refractivity contribution in [2.45, 2.75) is 154 Å². The lowest BCUT2D eigenvalue weighted by Crippen LogP contribution is -2.33. The van der Waals surface area contributed by atoms with E-state index in [-0.39, 0.29) is 24.5 Å². The normalized spacial score (nSPS) is 30.7. The number of aliphatic hydroxyl groups excluding tert-OH is 1. The maximum absolute atomic E-state index is 11.4. The lowest BCUT2D eigenvalue weighted by atomic mass is 9.66. The third kappa shape index (κ3) is 11.9. The van der Waals surface area contributed by atoms with Gasteiger partial charge in [-0.05, 0) is 144 Å². The van der Waals surface area contributed by atoms with Gasteiger partial charge in [-0.3, -0.25) is 4.79 Å². The van der Waals surface area contributed by atoms with E-state index in [9.17, 15) is 9.90 Å². The molecule has 3 aliphatic rings. The van der Waals surface area contributed by atoms with Gasteiger partial charge in [0.1, 0.15) is 6.10 Å². The molecule has 0 aromatic heterocycles. The van der Waals surface area contributed by atoms with E-state index in [1.807, 2.05) is 11.8 Å². The van der Waals surface area contributed by atoms with Crippen LogP contribution in [0.3, 0.4) is 0 Å². The highest BCUT2D eigenvalue weighted by atomic mass is 32.2. The van der Waals surface area contributed by atoms with Gasteiger partial charge in [-0.15, -0.1) is 11.8 Å². The second kappa shape index (κ2) is 18.9. The maximum Gasteiger partial charge on any atom is 0.302 e. The highest BCUT2D eigenvalue weighted by Crippen LogP contribution is 2.44. The number of carbonyl (C=O) groups excluding carboxylic acids is 1. The van der Waals surface area contributed by atoms with E-state index in [1.165, 1.54) is 69.6 Å². The molecule has 6 heteroatoms. The predicted molar refractivity (Wildman–Crippen MR) is 181 cm³/mol. The van der Waals surface area contributed by atoms with Crippen molar-refractivity contribution < 1.29 is 24.1 Å². The van der Waals surface area contributed by atoms with Crippen LogP contribution in [0.5, 0.6) is 0 Å². The highest BCUT2D eigenvalue weighted by molar-refractivity contribution is 7.99. The molecule has 0 aliphatic heterocycles. The van der Waals surface area contributed by atoms with Gasteiger partial charge in [-0.2, -0.15) is 0 Å². The van der Waals surface area contributed by atoms with Crippen LogP contribution in [0, 0.1) is 35.5 Å². The summed E-state index contributed by atoms with van der Waals surface area (Å²) in [7, 11) is 0. The molecule has 44 heavy (non-hydrogen) atoms. The average Bonchev–Trinajstić information content (AvgIpc) is 3.03. The summed E-state index contributed by atoms with van der Waals surface area (Å²) in [5, 5.41) is 10.3. The van der Waals surface area contributed by atoms with Crippen LogP contribution < -0.4 is 0 Å². The zero-order valence-electron chi connectivity index (χ0n) is 28.2. The Kier molecular flexibility index (Phi) is 15.4. The molecule has 3 fully saturated rings. The number of benzene rings is 1. The van der Waals surface area contributed by atoms with Crippen molar-refractivity contribution in [2.75, 3.05) is 12.4 Å². The molecule has 0 amide bonds. The minimum atomic E-state index is -0.147. The summed E-state index contributed by atoms with van der Waals surface area (Å²) < 4.78 is 17.9. The average molecular weight is 631 g/mol. The topological polar surface area (TPSA) is 65.0 Å². The first-order chi connectivity index (χ1) is 21.3. The van der Waals surface area contributed by atoms with Gasteiger partial charge in [0.15, 0.2) is 6.29 Å². The van der Waals surface area contributed by atoms with Crippen molar-refractivity contribution >= 4 is 17.7 Å². The number of rotatable bonds is 16. The number of hydrogen-bond donors (Lipinski definition) is 1. The lowest BCUT2D eigenvalue weighted by Gasteiger charge is -2.41. The minimum Gasteiger partial charge on any atom is -0.463 e. The van der Waals surface area contributed by atoms with E-state index < -0.39 is 0 Å². The van der Waals surface area contributed by atoms with E-state index >= 15 is 0 Å². The smallest absolute Gasteiger partial charge is 0.302 e. The first-order valence-corrected chi connectivity index (χ1v) is 19.1. The van der Waals surface area contributed by atoms with E-state index in [4.69, 9.17) is 14.2 Å². The molecule has 3 saturated carbocycles. The molecule has 3 aliphatic carbocycles. The number of aliphatic hydroxyl groups is 1. The van der Waals surface area contributed by atoms with Crippen LogP contribution in [0.25, 0.3) is 0 Å². The number of thioether (sulfide) groups is 1. The fourth-order valence-corrected chi connectivity index (χ4v) is 9.48. The first-order valence-electron chi connectivity index (χ1n) is 18.1. The largest absolute Gasteiger partial charge is 0.463 e. The zero-order valence-corrected chi connectivity index (χ0v) is 29.0. The van der Waals surface area contributed by atoms with Gasteiger partial charge < -0.3 is 19.3 Å². The van der Waals surface area contributed by atoms with Crippen LogP contribution in [-0.4, -0.2) is 48.0 Å². The Labute approximate surface area is 273 Å². The lowest BCUT2D eigenvalue weighted by molar-refractivity contribution is -0.166. The van der Waals surface area contributed by atoms with E-state index in [0.29, 0.717) is 18.6 Å². The van der Waals surface area contributed by atoms with E-state index in [0.717, 1.165) is 73.9 Å². The van der Waals surface area contributed by atoms with Crippen LogP contribution in [0.4, 0.5) is 0 Å². The van der Waals surface area contributed by atoms with Gasteiger partial charge in [0, 0.05) is 17.6 Å². The van der Waals surface area contributed by atoms with Gasteiger partial charge in [0.25, 0.3) is 0 Å². The molecule has 1 aromatic rings. The standard InChI is InChI=1S/C38H62O5S/c1-5-30(32-15-21-37(22-16-32)43-29(4)41-23-24-44-38-9-7-6-8-10-38)26-34(33-11-17-35(40)18-12-33)25-27(2)31-13-19-36(20-14-31)42-28(3)39/h6-10,27,29-37,40H,5,11-26H2,1-4H3. The summed E-state index contributed by atoms with van der Waals surface area (Å²) in [6.45, 7) is 9.21. The van der Waals surface area contributed by atoms with Crippen molar-refractivity contribution in [3.8, 4) is 0 Å². The van der Waals surface area contributed by atoms with Crippen molar-refractivity contribution in [3.63, 3.8) is 0 Å². The van der Waals surface area contributed by atoms with E-state index in [2.05, 4.69) is 51.1 Å². The van der Waals surface area contributed by atoms with Crippen molar-refractivity contribution in [3.05, 3.63) is 30.3 Å². The second-order valence-electron chi connectivity index (χ2n) is 14.4. The van der Waals surface area contributed by atoms with E-state index in [1.54, 1.807) is 0 Å². The summed E-state index contributed by atoms with van der Waals surface area (Å²) in [6.07, 6.45) is 17.7. The fourth-order valence-electron chi connectivity index (χ4n) is 8.71. The van der Waals surface area contributed by atoms with Crippen LogP contribution in [0.1, 0.15) is 124 Å². The number of ether oxygens (including phenoxy) is 3. The van der Waals surface area contributed by atoms with Crippen molar-refractivity contribution in [1.82, 2.24) is 0 Å². The Morgan fingerprint density at radius 1 is 0.818 bits per heavy atom. The Morgan fingerprint density at radius 3 is 2.05 bits per heavy atom. The quantitative estimate of drug-likeness (QED) is 0.0850. The molecule has 1 N–H and O–H groups in total. The van der Waals surface area contributed by atoms with Gasteiger partial charge in [0.2, 0.25) is 0 Å². The summed E-state index contributed by atoms with van der Waals surface area (Å²) >= 11 is 1.83. The third-order valence-corrected chi connectivity index (χ3v) is 12.3. The minimum absolute atomic E-state index is 0.0906. The fraction of sp³-hybridized carbons (Fsp3) is 0.816. The predicted octanol–water partition coefficient (Wildman–Crippen LogP) is 9.45. The number of carbonyl (C=O) groups is 1. The van der Waals surface area contributed by atoms with Crippen LogP contribution in [0.2, 0.25) is 0 Å². The van der Waals surface area contributed by atoms with Gasteiger partial charge in [-0.25, -0.2) is 0 Å². The molecule has 1 aromatic carbocycles. The van der Waals surface area contributed by atoms with Crippen LogP contribution in [-0.2, 0) is 19.0 Å². The molecule has 4 atom stereocenters. The van der Waals surface area contributed by atoms with Crippen LogP contribution in [0.15, 0.2) is 35.2 Å². The Morgan fingerprint density at radius 2 is 1.41 bits per heavy atom. The molecular formula is C38H62O5S. The summed E-state index contributed by atoms with van der Waals surface area (Å²) in [5.41, 5.74) is 0. The SMILES string of the molecule is CCC(CC(CC(C)C1CCC(OC(C)=O)CC1)C1CCC(O)CC1)C1CCC(OC(C)OCCSc2ccccc2)CC1. The molecule has 0 spiro atoms. The van der Waals surface area contributed by atoms with Crippen molar-refractivity contribution in [2.24, 2.45) is 35.5 Å². The molecule has 4 unspecified atom stereocenters. The second-order valence-corrected chi connectivity index (χ2v) is 15.5. The molecule has 4 rings (SSSR count). The molecule has 0 bridgehead atoms. The Balaban J connectivity index is 1.22. The Hall–Kier alpha value is -1.08. The summed E-state index contributed by atoms with van der Waals surface area (Å²) in [6, 6.07) is 10.5. The Bertz CT molecular complexity index is 918. The van der Waals surface area contributed by atoms with Gasteiger partial charge in [0.05, 0.1) is 18.8 Å². The molecule has 0 radical (unpaired) electrons. The number of hydrogen-bond acceptors (Lipinski definition) is 6. The molecule has 250 valence electrons. The monoisotopic (exact) mass is 630 g/mol. The molecule has 0 heterocycles. The van der Waals surface area contributed by atoms with Crippen molar-refractivity contribution in [1.29, 1.82) is 0 Å². The number of esters is 1. The van der Waals surface area contributed by atoms with Crippen LogP contribution >= 0.6 is 11.8 Å². The first kappa shape index (κ1) is 35.8. The third-order valence-electron chi connectivity index (χ3n) is 11.3. The molecule has 5 nitrogen and oxygen atoms in total. The molecule has 0 saturated heterocycles. The maximum atomic E-state index is 11.4. The zero-order chi connectivity index (χ0) is 31.3. The highest BCUT2D eigenvalue weighted by Gasteiger charge is 2.35. The van der Waals surface area contributed by atoms with Gasteiger partial charge in [-0.1, -0.05) is 38.5 Å². The molecular weight excluding hydrogens is 568 g/mol.